The number of sulfone groups is 1. The van der Waals surface area contributed by atoms with Gasteiger partial charge < -0.3 is 0 Å². The number of hydrogen-bond donors (Lipinski definition) is 0. The zero-order valence-corrected chi connectivity index (χ0v) is 10.7. The van der Waals surface area contributed by atoms with Gasteiger partial charge in [-0.2, -0.15) is 0 Å². The minimum atomic E-state index is -3.24. The van der Waals surface area contributed by atoms with Gasteiger partial charge in [0, 0.05) is 0 Å². The van der Waals surface area contributed by atoms with E-state index in [0.29, 0.717) is 4.34 Å². The van der Waals surface area contributed by atoms with E-state index in [4.69, 9.17) is 0 Å². The molecule has 0 saturated heterocycles. The van der Waals surface area contributed by atoms with Crippen molar-refractivity contribution in [3.8, 4) is 0 Å². The summed E-state index contributed by atoms with van der Waals surface area (Å²) < 4.78 is 24.1. The Morgan fingerprint density at radius 3 is 2.57 bits per heavy atom. The molecule has 1 heterocycles. The summed E-state index contributed by atoms with van der Waals surface area (Å²) >= 11 is 2.65. The molecule has 0 radical (unpaired) electrons. The van der Waals surface area contributed by atoms with Gasteiger partial charge in [-0.1, -0.05) is 30.0 Å². The normalized spacial score (nSPS) is 12.3. The van der Waals surface area contributed by atoms with E-state index >= 15 is 0 Å². The van der Waals surface area contributed by atoms with Crippen LogP contribution in [0.3, 0.4) is 0 Å². The second-order valence-electron chi connectivity index (χ2n) is 2.86. The minimum absolute atomic E-state index is 0.128. The summed E-state index contributed by atoms with van der Waals surface area (Å²) in [6.07, 6.45) is 0. The van der Waals surface area contributed by atoms with E-state index in [2.05, 4.69) is 10.2 Å². The van der Waals surface area contributed by atoms with Crippen molar-refractivity contribution in [3.05, 3.63) is 0 Å². The first-order valence-electron chi connectivity index (χ1n) is 4.18. The molecule has 0 spiro atoms. The van der Waals surface area contributed by atoms with Crippen LogP contribution in [0.2, 0.25) is 0 Å². The number of rotatable bonds is 4. The molecule has 1 aromatic rings. The molecule has 0 N–H and O–H groups in total. The molecular formula is C7H12N2O2S3. The zero-order chi connectivity index (χ0) is 10.8. The van der Waals surface area contributed by atoms with Gasteiger partial charge in [0.2, 0.25) is 14.2 Å². The van der Waals surface area contributed by atoms with Crippen LogP contribution < -0.4 is 0 Å². The highest BCUT2D eigenvalue weighted by Gasteiger charge is 2.23. The monoisotopic (exact) mass is 252 g/mol. The van der Waals surface area contributed by atoms with Crippen LogP contribution in [0.5, 0.6) is 0 Å². The highest BCUT2D eigenvalue weighted by molar-refractivity contribution is 8.01. The molecule has 14 heavy (non-hydrogen) atoms. The van der Waals surface area contributed by atoms with Gasteiger partial charge in [0.1, 0.15) is 0 Å². The minimum Gasteiger partial charge on any atom is -0.221 e. The van der Waals surface area contributed by atoms with Crippen LogP contribution in [0.4, 0.5) is 0 Å². The van der Waals surface area contributed by atoms with Crippen molar-refractivity contribution >= 4 is 32.9 Å². The van der Waals surface area contributed by atoms with Gasteiger partial charge in [-0.25, -0.2) is 8.42 Å². The summed E-state index contributed by atoms with van der Waals surface area (Å²) in [5.41, 5.74) is 0. The predicted octanol–water partition coefficient (Wildman–Crippen LogP) is 1.83. The van der Waals surface area contributed by atoms with Crippen molar-refractivity contribution in [2.24, 2.45) is 0 Å². The lowest BCUT2D eigenvalue weighted by Gasteiger charge is -2.01. The first kappa shape index (κ1) is 11.9. The molecule has 0 atom stereocenters. The largest absolute Gasteiger partial charge is 0.233 e. The Morgan fingerprint density at radius 2 is 2.07 bits per heavy atom. The van der Waals surface area contributed by atoms with E-state index in [9.17, 15) is 8.42 Å². The Bertz CT molecular complexity index is 397. The van der Waals surface area contributed by atoms with E-state index in [1.54, 1.807) is 13.8 Å². The van der Waals surface area contributed by atoms with Crippen molar-refractivity contribution in [2.75, 3.05) is 5.75 Å². The molecule has 0 aliphatic heterocycles. The number of aromatic nitrogens is 2. The maximum absolute atomic E-state index is 11.6. The zero-order valence-electron chi connectivity index (χ0n) is 8.22. The molecular weight excluding hydrogens is 240 g/mol. The number of hydrogen-bond acceptors (Lipinski definition) is 6. The van der Waals surface area contributed by atoms with Crippen LogP contribution in [0.25, 0.3) is 0 Å². The molecule has 7 heteroatoms. The van der Waals surface area contributed by atoms with Crippen molar-refractivity contribution < 1.29 is 8.42 Å². The van der Waals surface area contributed by atoms with E-state index in [1.807, 2.05) is 6.92 Å². The van der Waals surface area contributed by atoms with Gasteiger partial charge in [-0.15, -0.1) is 10.2 Å². The summed E-state index contributed by atoms with van der Waals surface area (Å²) in [4.78, 5) is 0. The van der Waals surface area contributed by atoms with Crippen LogP contribution >= 0.6 is 23.1 Å². The maximum atomic E-state index is 11.6. The lowest BCUT2D eigenvalue weighted by Crippen LogP contribution is -2.13. The van der Waals surface area contributed by atoms with Crippen molar-refractivity contribution in [1.29, 1.82) is 0 Å². The molecule has 0 fully saturated rings. The Hall–Kier alpha value is -0.140. The molecule has 0 unspecified atom stereocenters. The van der Waals surface area contributed by atoms with Gasteiger partial charge in [0.05, 0.1) is 5.25 Å². The van der Waals surface area contributed by atoms with Gasteiger partial charge in [0.15, 0.2) is 4.34 Å². The van der Waals surface area contributed by atoms with Crippen LogP contribution in [0.1, 0.15) is 20.8 Å². The summed E-state index contributed by atoms with van der Waals surface area (Å²) in [7, 11) is -3.24. The summed E-state index contributed by atoms with van der Waals surface area (Å²) in [6.45, 7) is 5.27. The van der Waals surface area contributed by atoms with Crippen molar-refractivity contribution in [2.45, 2.75) is 34.7 Å². The summed E-state index contributed by atoms with van der Waals surface area (Å²) in [5, 5.41) is 7.06. The summed E-state index contributed by atoms with van der Waals surface area (Å²) in [5.74, 6) is 0.871. The molecule has 4 nitrogen and oxygen atoms in total. The van der Waals surface area contributed by atoms with Crippen molar-refractivity contribution in [3.63, 3.8) is 0 Å². The Kier molecular flexibility index (Phi) is 3.91. The second-order valence-corrected chi connectivity index (χ2v) is 8.03. The Balaban J connectivity index is 2.98. The third-order valence-electron chi connectivity index (χ3n) is 1.52. The molecule has 80 valence electrons. The SMILES string of the molecule is CCSc1nnc(S(=O)(=O)C(C)C)s1. The average Bonchev–Trinajstić information content (AvgIpc) is 2.53. The Morgan fingerprint density at radius 1 is 1.43 bits per heavy atom. The maximum Gasteiger partial charge on any atom is 0.233 e. The Labute approximate surface area is 92.1 Å². The third-order valence-corrected chi connectivity index (χ3v) is 6.01. The standard InChI is InChI=1S/C7H12N2O2S3/c1-4-12-6-8-9-7(13-6)14(10,11)5(2)3/h5H,4H2,1-3H3. The first-order chi connectivity index (χ1) is 6.48. The first-order valence-corrected chi connectivity index (χ1v) is 7.53. The number of nitrogens with zero attached hydrogens (tertiary/aromatic N) is 2. The fraction of sp³-hybridized carbons (Fsp3) is 0.714. The lowest BCUT2D eigenvalue weighted by molar-refractivity contribution is 0.585. The average molecular weight is 252 g/mol. The van der Waals surface area contributed by atoms with Crippen LogP contribution in [0.15, 0.2) is 8.68 Å². The molecule has 0 aliphatic carbocycles. The highest BCUT2D eigenvalue weighted by Crippen LogP contribution is 2.26. The third kappa shape index (κ3) is 2.46. The fourth-order valence-electron chi connectivity index (χ4n) is 0.696. The number of thioether (sulfide) groups is 1. The van der Waals surface area contributed by atoms with Crippen LogP contribution in [-0.4, -0.2) is 29.6 Å². The molecule has 0 bridgehead atoms. The quantitative estimate of drug-likeness (QED) is 0.765. The van der Waals surface area contributed by atoms with E-state index in [0.717, 1.165) is 17.1 Å². The smallest absolute Gasteiger partial charge is 0.221 e. The van der Waals surface area contributed by atoms with E-state index in [-0.39, 0.29) is 4.34 Å². The van der Waals surface area contributed by atoms with Gasteiger partial charge in [-0.05, 0) is 19.6 Å². The highest BCUT2D eigenvalue weighted by atomic mass is 32.2. The van der Waals surface area contributed by atoms with Gasteiger partial charge in [-0.3, -0.25) is 0 Å². The second kappa shape index (κ2) is 4.59. The van der Waals surface area contributed by atoms with Crippen LogP contribution in [0, 0.1) is 0 Å². The molecule has 0 saturated carbocycles. The van der Waals surface area contributed by atoms with Crippen LogP contribution in [-0.2, 0) is 9.84 Å². The van der Waals surface area contributed by atoms with Gasteiger partial charge in [0.25, 0.3) is 0 Å². The fourth-order valence-corrected chi connectivity index (χ4v) is 4.17. The molecule has 1 aromatic heterocycles. The molecule has 0 amide bonds. The predicted molar refractivity (Wildman–Crippen MR) is 58.6 cm³/mol. The van der Waals surface area contributed by atoms with Gasteiger partial charge >= 0.3 is 0 Å². The topological polar surface area (TPSA) is 59.9 Å². The van der Waals surface area contributed by atoms with E-state index < -0.39 is 15.1 Å². The summed E-state index contributed by atoms with van der Waals surface area (Å²) in [6, 6.07) is 0. The van der Waals surface area contributed by atoms with Crippen molar-refractivity contribution in [1.82, 2.24) is 10.2 Å². The molecule has 0 aliphatic rings. The molecule has 0 aromatic carbocycles. The lowest BCUT2D eigenvalue weighted by atomic mass is 10.6. The molecule has 1 rings (SSSR count). The van der Waals surface area contributed by atoms with E-state index in [1.165, 1.54) is 11.8 Å².